The van der Waals surface area contributed by atoms with E-state index in [1.807, 2.05) is 38.1 Å². The lowest BCUT2D eigenvalue weighted by Crippen LogP contribution is -2.27. The van der Waals surface area contributed by atoms with Crippen LogP contribution in [0, 0.1) is 13.8 Å². The van der Waals surface area contributed by atoms with E-state index in [0.717, 1.165) is 29.7 Å². The molecule has 1 fully saturated rings. The molecule has 158 valence electrons. The minimum Gasteiger partial charge on any atom is -0.355 e. The smallest absolute Gasteiger partial charge is 0.267 e. The van der Waals surface area contributed by atoms with Crippen LogP contribution in [0.2, 0.25) is 0 Å². The van der Waals surface area contributed by atoms with Gasteiger partial charge in [0.25, 0.3) is 10.0 Å². The fraction of sp³-hybridized carbons (Fsp3) is 0.350. The maximum atomic E-state index is 12.8. The Kier molecular flexibility index (Phi) is 5.20. The Morgan fingerprint density at radius 3 is 2.53 bits per heavy atom. The molecule has 30 heavy (non-hydrogen) atoms. The van der Waals surface area contributed by atoms with Gasteiger partial charge in [-0.15, -0.1) is 0 Å². The summed E-state index contributed by atoms with van der Waals surface area (Å²) in [5, 5.41) is 3.94. The Morgan fingerprint density at radius 1 is 1.20 bits per heavy atom. The largest absolute Gasteiger partial charge is 0.355 e. The lowest BCUT2D eigenvalue weighted by molar-refractivity contribution is 0.600. The Hall–Kier alpha value is -2.98. The molecule has 9 nitrogen and oxygen atoms in total. The van der Waals surface area contributed by atoms with Crippen LogP contribution in [0.1, 0.15) is 17.5 Å². The summed E-state index contributed by atoms with van der Waals surface area (Å²) in [4.78, 5) is 11.2. The zero-order valence-electron chi connectivity index (χ0n) is 17.2. The SMILES string of the molecule is Cc1cccc(C)c1-c1cc(N2CCC(N)C2)nc(NS(=O)(=O)c2cnn(C)c2)n1. The van der Waals surface area contributed by atoms with Crippen LogP contribution in [0.15, 0.2) is 41.6 Å². The van der Waals surface area contributed by atoms with E-state index in [4.69, 9.17) is 5.73 Å². The number of rotatable bonds is 5. The number of nitrogens with two attached hydrogens (primary N) is 1. The molecule has 1 aliphatic rings. The second-order valence-electron chi connectivity index (χ2n) is 7.65. The van der Waals surface area contributed by atoms with Crippen LogP contribution < -0.4 is 15.4 Å². The minimum atomic E-state index is -3.86. The Labute approximate surface area is 176 Å². The minimum absolute atomic E-state index is 0.0227. The molecule has 1 unspecified atom stereocenters. The molecule has 1 atom stereocenters. The van der Waals surface area contributed by atoms with Gasteiger partial charge in [0.1, 0.15) is 10.7 Å². The number of aryl methyl sites for hydroxylation is 3. The van der Waals surface area contributed by atoms with Gasteiger partial charge in [0.2, 0.25) is 5.95 Å². The Bertz CT molecular complexity index is 1170. The molecular formula is C20H25N7O2S. The molecule has 4 rings (SSSR count). The number of anilines is 2. The van der Waals surface area contributed by atoms with Gasteiger partial charge in [-0.25, -0.2) is 18.1 Å². The number of benzene rings is 1. The summed E-state index contributed by atoms with van der Waals surface area (Å²) >= 11 is 0. The van der Waals surface area contributed by atoms with Crippen molar-refractivity contribution >= 4 is 21.8 Å². The summed E-state index contributed by atoms with van der Waals surface area (Å²) in [6.07, 6.45) is 3.58. The van der Waals surface area contributed by atoms with Crippen molar-refractivity contribution in [1.82, 2.24) is 19.7 Å². The number of hydrogen-bond donors (Lipinski definition) is 2. The van der Waals surface area contributed by atoms with E-state index < -0.39 is 10.0 Å². The van der Waals surface area contributed by atoms with E-state index in [0.29, 0.717) is 18.1 Å². The molecule has 3 aromatic rings. The molecule has 3 N–H and O–H groups in total. The Balaban J connectivity index is 1.80. The third-order valence-corrected chi connectivity index (χ3v) is 6.50. The number of aromatic nitrogens is 4. The van der Waals surface area contributed by atoms with Crippen molar-refractivity contribution < 1.29 is 8.42 Å². The molecule has 10 heteroatoms. The van der Waals surface area contributed by atoms with Crippen molar-refractivity contribution in [1.29, 1.82) is 0 Å². The monoisotopic (exact) mass is 427 g/mol. The van der Waals surface area contributed by atoms with Crippen molar-refractivity contribution in [2.45, 2.75) is 31.2 Å². The van der Waals surface area contributed by atoms with E-state index in [2.05, 4.69) is 24.7 Å². The molecular weight excluding hydrogens is 402 g/mol. The lowest BCUT2D eigenvalue weighted by atomic mass is 10.00. The number of sulfonamides is 1. The van der Waals surface area contributed by atoms with Crippen molar-refractivity contribution in [2.75, 3.05) is 22.7 Å². The summed E-state index contributed by atoms with van der Waals surface area (Å²) in [5.74, 6) is 0.675. The summed E-state index contributed by atoms with van der Waals surface area (Å²) in [5.41, 5.74) is 9.81. The highest BCUT2D eigenvalue weighted by atomic mass is 32.2. The maximum absolute atomic E-state index is 12.8. The summed E-state index contributed by atoms with van der Waals surface area (Å²) in [6.45, 7) is 5.45. The predicted octanol–water partition coefficient (Wildman–Crippen LogP) is 1.83. The third-order valence-electron chi connectivity index (χ3n) is 5.22. The van der Waals surface area contributed by atoms with Crippen molar-refractivity contribution in [3.8, 4) is 11.3 Å². The van der Waals surface area contributed by atoms with E-state index in [1.54, 1.807) is 7.05 Å². The first-order valence-corrected chi connectivity index (χ1v) is 11.2. The molecule has 1 aliphatic heterocycles. The van der Waals surface area contributed by atoms with Crippen LogP contribution in [0.3, 0.4) is 0 Å². The highest BCUT2D eigenvalue weighted by molar-refractivity contribution is 7.92. The van der Waals surface area contributed by atoms with E-state index in [1.165, 1.54) is 17.1 Å². The van der Waals surface area contributed by atoms with Crippen molar-refractivity contribution in [2.24, 2.45) is 12.8 Å². The summed E-state index contributed by atoms with van der Waals surface area (Å²) < 4.78 is 29.5. The number of nitrogens with zero attached hydrogens (tertiary/aromatic N) is 5. The van der Waals surface area contributed by atoms with Gasteiger partial charge in [-0.1, -0.05) is 18.2 Å². The van der Waals surface area contributed by atoms with Crippen LogP contribution in [-0.4, -0.2) is 47.3 Å². The molecule has 0 radical (unpaired) electrons. The standard InChI is InChI=1S/C20H25N7O2S/c1-13-5-4-6-14(2)19(13)17-9-18(27-8-7-15(21)11-27)24-20(23-17)25-30(28,29)16-10-22-26(3)12-16/h4-6,9-10,12,15H,7-8,11,21H2,1-3H3,(H,23,24,25). The molecule has 1 saturated heterocycles. The van der Waals surface area contributed by atoms with Crippen LogP contribution in [0.5, 0.6) is 0 Å². The molecule has 0 spiro atoms. The second kappa shape index (κ2) is 7.69. The van der Waals surface area contributed by atoms with Crippen LogP contribution >= 0.6 is 0 Å². The first-order valence-electron chi connectivity index (χ1n) is 9.70. The predicted molar refractivity (Wildman–Crippen MR) is 116 cm³/mol. The average molecular weight is 428 g/mol. The molecule has 3 heterocycles. The van der Waals surface area contributed by atoms with E-state index in [9.17, 15) is 8.42 Å². The quantitative estimate of drug-likeness (QED) is 0.637. The molecule has 2 aromatic heterocycles. The fourth-order valence-electron chi connectivity index (χ4n) is 3.70. The zero-order chi connectivity index (χ0) is 21.5. The molecule has 0 aliphatic carbocycles. The summed E-state index contributed by atoms with van der Waals surface area (Å²) in [6, 6.07) is 7.97. The molecule has 0 bridgehead atoms. The van der Waals surface area contributed by atoms with Gasteiger partial charge in [-0.3, -0.25) is 4.68 Å². The number of nitrogens with one attached hydrogen (secondary N) is 1. The first kappa shape index (κ1) is 20.3. The number of hydrogen-bond acceptors (Lipinski definition) is 7. The third kappa shape index (κ3) is 4.01. The van der Waals surface area contributed by atoms with Crippen molar-refractivity contribution in [3.63, 3.8) is 0 Å². The van der Waals surface area contributed by atoms with Gasteiger partial charge >= 0.3 is 0 Å². The van der Waals surface area contributed by atoms with Gasteiger partial charge in [0.15, 0.2) is 0 Å². The second-order valence-corrected chi connectivity index (χ2v) is 9.33. The fourth-order valence-corrected chi connectivity index (χ4v) is 4.63. The Morgan fingerprint density at radius 2 is 1.93 bits per heavy atom. The normalized spacial score (nSPS) is 16.8. The highest BCUT2D eigenvalue weighted by Crippen LogP contribution is 2.30. The van der Waals surface area contributed by atoms with E-state index >= 15 is 0 Å². The summed E-state index contributed by atoms with van der Waals surface area (Å²) in [7, 11) is -2.21. The van der Waals surface area contributed by atoms with Gasteiger partial charge in [-0.05, 0) is 31.4 Å². The van der Waals surface area contributed by atoms with E-state index in [-0.39, 0.29) is 16.9 Å². The van der Waals surface area contributed by atoms with Crippen molar-refractivity contribution in [3.05, 3.63) is 47.8 Å². The van der Waals surface area contributed by atoms with Crippen LogP contribution in [0.4, 0.5) is 11.8 Å². The zero-order valence-corrected chi connectivity index (χ0v) is 18.0. The van der Waals surface area contributed by atoms with Crippen LogP contribution in [0.25, 0.3) is 11.3 Å². The van der Waals surface area contributed by atoms with Gasteiger partial charge in [0.05, 0.1) is 11.9 Å². The van der Waals surface area contributed by atoms with Crippen LogP contribution in [-0.2, 0) is 17.1 Å². The highest BCUT2D eigenvalue weighted by Gasteiger charge is 2.24. The average Bonchev–Trinajstić information content (AvgIpc) is 3.30. The van der Waals surface area contributed by atoms with Gasteiger partial charge in [-0.2, -0.15) is 10.1 Å². The van der Waals surface area contributed by atoms with Gasteiger partial charge < -0.3 is 10.6 Å². The maximum Gasteiger partial charge on any atom is 0.267 e. The molecule has 0 amide bonds. The topological polar surface area (TPSA) is 119 Å². The van der Waals surface area contributed by atoms with Gasteiger partial charge in [0, 0.05) is 44.0 Å². The molecule has 0 saturated carbocycles. The molecule has 1 aromatic carbocycles. The lowest BCUT2D eigenvalue weighted by Gasteiger charge is -2.19. The first-order chi connectivity index (χ1) is 14.2.